The van der Waals surface area contributed by atoms with Crippen LogP contribution in [-0.2, 0) is 0 Å². The Balaban J connectivity index is 2.32. The molecule has 1 aromatic carbocycles. The molecule has 0 aliphatic rings. The van der Waals surface area contributed by atoms with Crippen LogP contribution < -0.4 is 15.1 Å². The molecule has 0 saturated carbocycles. The van der Waals surface area contributed by atoms with Gasteiger partial charge in [-0.1, -0.05) is 29.5 Å². The molecular formula is C14H15IO4. The molecule has 1 unspecified atom stereocenters. The van der Waals surface area contributed by atoms with Crippen molar-refractivity contribution in [1.82, 2.24) is 0 Å². The van der Waals surface area contributed by atoms with Gasteiger partial charge >= 0.3 is 5.63 Å². The Bertz CT molecular complexity index is 618. The molecule has 2 rings (SSSR count). The van der Waals surface area contributed by atoms with Crippen molar-refractivity contribution < 1.29 is 13.9 Å². The first-order valence-electron chi connectivity index (χ1n) is 5.99. The first-order chi connectivity index (χ1) is 9.10. The van der Waals surface area contributed by atoms with Gasteiger partial charge in [0.1, 0.15) is 5.58 Å². The van der Waals surface area contributed by atoms with E-state index >= 15 is 0 Å². The zero-order valence-corrected chi connectivity index (χ0v) is 13.0. The van der Waals surface area contributed by atoms with Crippen molar-refractivity contribution in [2.24, 2.45) is 0 Å². The minimum atomic E-state index is -0.371. The van der Waals surface area contributed by atoms with Crippen LogP contribution in [0.4, 0.5) is 0 Å². The fraction of sp³-hybridized carbons (Fsp3) is 0.357. The number of alkyl halides is 1. The largest absolute Gasteiger partial charge is 0.493 e. The number of hydrogen-bond donors (Lipinski definition) is 0. The number of fused-ring (bicyclic) bond motifs is 1. The Morgan fingerprint density at radius 2 is 2.11 bits per heavy atom. The highest BCUT2D eigenvalue weighted by molar-refractivity contribution is 14.1. The van der Waals surface area contributed by atoms with Crippen molar-refractivity contribution in [3.63, 3.8) is 0 Å². The van der Waals surface area contributed by atoms with E-state index in [1.807, 2.05) is 0 Å². The van der Waals surface area contributed by atoms with E-state index in [9.17, 15) is 4.79 Å². The molecule has 0 aliphatic carbocycles. The van der Waals surface area contributed by atoms with Gasteiger partial charge in [0.05, 0.1) is 13.7 Å². The summed E-state index contributed by atoms with van der Waals surface area (Å²) in [4.78, 5) is 11.2. The van der Waals surface area contributed by atoms with Crippen LogP contribution in [0.2, 0.25) is 0 Å². The summed E-state index contributed by atoms with van der Waals surface area (Å²) in [6, 6.07) is 6.61. The molecule has 102 valence electrons. The second-order valence-electron chi connectivity index (χ2n) is 4.21. The molecule has 5 heteroatoms. The molecule has 0 spiro atoms. The summed E-state index contributed by atoms with van der Waals surface area (Å²) in [6.45, 7) is 2.73. The van der Waals surface area contributed by atoms with Crippen LogP contribution in [0.15, 0.2) is 33.5 Å². The summed E-state index contributed by atoms with van der Waals surface area (Å²) in [5, 5.41) is 0.811. The molecule has 0 bridgehead atoms. The van der Waals surface area contributed by atoms with E-state index in [2.05, 4.69) is 29.5 Å². The zero-order valence-electron chi connectivity index (χ0n) is 10.8. The molecule has 0 amide bonds. The molecule has 0 radical (unpaired) electrons. The molecule has 4 nitrogen and oxygen atoms in total. The highest BCUT2D eigenvalue weighted by Crippen LogP contribution is 2.32. The maximum Gasteiger partial charge on any atom is 0.336 e. The maximum atomic E-state index is 11.2. The van der Waals surface area contributed by atoms with Gasteiger partial charge < -0.3 is 13.9 Å². The van der Waals surface area contributed by atoms with E-state index in [0.717, 1.165) is 11.8 Å². The SMILES string of the molecule is COc1cc2ccc(=O)oc2cc1OCCC(C)I. The lowest BCUT2D eigenvalue weighted by atomic mass is 10.2. The van der Waals surface area contributed by atoms with Crippen molar-refractivity contribution in [3.8, 4) is 11.5 Å². The minimum Gasteiger partial charge on any atom is -0.493 e. The number of hydrogen-bond acceptors (Lipinski definition) is 4. The average Bonchev–Trinajstić information content (AvgIpc) is 2.37. The van der Waals surface area contributed by atoms with Crippen molar-refractivity contribution in [3.05, 3.63) is 34.7 Å². The number of ether oxygens (including phenoxy) is 2. The number of halogens is 1. The van der Waals surface area contributed by atoms with Crippen molar-refractivity contribution in [2.45, 2.75) is 17.3 Å². The van der Waals surface area contributed by atoms with Gasteiger partial charge in [0, 0.05) is 21.4 Å². The smallest absolute Gasteiger partial charge is 0.336 e. The predicted octanol–water partition coefficient (Wildman–Crippen LogP) is 3.39. The summed E-state index contributed by atoms with van der Waals surface area (Å²) >= 11 is 2.35. The van der Waals surface area contributed by atoms with E-state index in [-0.39, 0.29) is 5.63 Å². The van der Waals surface area contributed by atoms with Crippen LogP contribution in [0.1, 0.15) is 13.3 Å². The lowest BCUT2D eigenvalue weighted by Gasteiger charge is -2.12. The number of rotatable bonds is 5. The highest BCUT2D eigenvalue weighted by atomic mass is 127. The summed E-state index contributed by atoms with van der Waals surface area (Å²) in [7, 11) is 1.59. The Hall–Kier alpha value is -1.24. The van der Waals surface area contributed by atoms with Crippen molar-refractivity contribution in [2.75, 3.05) is 13.7 Å². The van der Waals surface area contributed by atoms with Gasteiger partial charge in [-0.05, 0) is 18.6 Å². The quantitative estimate of drug-likeness (QED) is 0.457. The van der Waals surface area contributed by atoms with Gasteiger partial charge in [-0.3, -0.25) is 0 Å². The molecule has 0 aliphatic heterocycles. The molecule has 0 saturated heterocycles. The molecule has 19 heavy (non-hydrogen) atoms. The van der Waals surface area contributed by atoms with E-state index in [0.29, 0.717) is 27.6 Å². The Morgan fingerprint density at radius 1 is 1.32 bits per heavy atom. The summed E-state index contributed by atoms with van der Waals surface area (Å²) in [5.41, 5.74) is 0.135. The topological polar surface area (TPSA) is 48.7 Å². The van der Waals surface area contributed by atoms with E-state index in [4.69, 9.17) is 13.9 Å². The number of methoxy groups -OCH3 is 1. The van der Waals surface area contributed by atoms with E-state index in [1.165, 1.54) is 6.07 Å². The third-order valence-corrected chi connectivity index (χ3v) is 3.30. The average molecular weight is 374 g/mol. The van der Waals surface area contributed by atoms with Gasteiger partial charge in [0.25, 0.3) is 0 Å². The third kappa shape index (κ3) is 3.62. The van der Waals surface area contributed by atoms with E-state index < -0.39 is 0 Å². The second-order valence-corrected chi connectivity index (χ2v) is 6.34. The van der Waals surface area contributed by atoms with Gasteiger partial charge in [-0.2, -0.15) is 0 Å². The van der Waals surface area contributed by atoms with Crippen LogP contribution >= 0.6 is 22.6 Å². The zero-order chi connectivity index (χ0) is 13.8. The minimum absolute atomic E-state index is 0.371. The monoisotopic (exact) mass is 374 g/mol. The van der Waals surface area contributed by atoms with Gasteiger partial charge in [-0.15, -0.1) is 0 Å². The number of benzene rings is 1. The van der Waals surface area contributed by atoms with Crippen molar-refractivity contribution >= 4 is 33.6 Å². The van der Waals surface area contributed by atoms with Gasteiger partial charge in [0.15, 0.2) is 11.5 Å². The molecule has 1 aromatic heterocycles. The fourth-order valence-electron chi connectivity index (χ4n) is 1.68. The summed E-state index contributed by atoms with van der Waals surface area (Å²) < 4.78 is 16.7. The molecule has 1 heterocycles. The Morgan fingerprint density at radius 3 is 2.79 bits per heavy atom. The van der Waals surface area contributed by atoms with Gasteiger partial charge in [0.2, 0.25) is 0 Å². The third-order valence-electron chi connectivity index (χ3n) is 2.68. The summed E-state index contributed by atoms with van der Waals surface area (Å²) in [5.74, 6) is 1.24. The van der Waals surface area contributed by atoms with Crippen LogP contribution in [0, 0.1) is 0 Å². The molecule has 2 aromatic rings. The van der Waals surface area contributed by atoms with Crippen LogP contribution in [0.25, 0.3) is 11.0 Å². The second kappa shape index (κ2) is 6.27. The lowest BCUT2D eigenvalue weighted by Crippen LogP contribution is -2.04. The highest BCUT2D eigenvalue weighted by Gasteiger charge is 2.09. The molecule has 0 fully saturated rings. The van der Waals surface area contributed by atoms with Gasteiger partial charge in [-0.25, -0.2) is 4.79 Å². The Kier molecular flexibility index (Phi) is 4.68. The fourth-order valence-corrected chi connectivity index (χ4v) is 1.93. The maximum absolute atomic E-state index is 11.2. The van der Waals surface area contributed by atoms with Crippen LogP contribution in [0.5, 0.6) is 11.5 Å². The summed E-state index contributed by atoms with van der Waals surface area (Å²) in [6.07, 6.45) is 0.945. The van der Waals surface area contributed by atoms with Crippen LogP contribution in [0.3, 0.4) is 0 Å². The first kappa shape index (κ1) is 14.2. The van der Waals surface area contributed by atoms with Crippen molar-refractivity contribution in [1.29, 1.82) is 0 Å². The predicted molar refractivity (Wildman–Crippen MR) is 82.6 cm³/mol. The molecule has 1 atom stereocenters. The molecular weight excluding hydrogens is 359 g/mol. The first-order valence-corrected chi connectivity index (χ1v) is 7.23. The van der Waals surface area contributed by atoms with Crippen LogP contribution in [-0.4, -0.2) is 17.6 Å². The normalized spacial score (nSPS) is 12.4. The standard InChI is InChI=1S/C14H15IO4/c1-9(15)5-6-18-13-8-11-10(7-12(13)17-2)3-4-14(16)19-11/h3-4,7-9H,5-6H2,1-2H3. The molecule has 0 N–H and O–H groups in total. The lowest BCUT2D eigenvalue weighted by molar-refractivity contribution is 0.291. The Labute approximate surface area is 124 Å². The van der Waals surface area contributed by atoms with E-state index in [1.54, 1.807) is 25.3 Å².